The number of hydrogen-bond donors (Lipinski definition) is 2. The van der Waals surface area contributed by atoms with Crippen molar-refractivity contribution in [3.8, 4) is 11.6 Å². The van der Waals surface area contributed by atoms with Gasteiger partial charge in [-0.1, -0.05) is 18.5 Å². The zero-order valence-corrected chi connectivity index (χ0v) is 25.9. The largest absolute Gasteiger partial charge is 0.494 e. The number of sulfonamides is 1. The Balaban J connectivity index is 1.58. The van der Waals surface area contributed by atoms with Crippen LogP contribution in [0.4, 0.5) is 23.0 Å². The number of hydrogen-bond acceptors (Lipinski definition) is 10. The monoisotopic (exact) mass is 609 g/mol. The van der Waals surface area contributed by atoms with E-state index in [4.69, 9.17) is 21.1 Å². The minimum absolute atomic E-state index is 0.0976. The molecule has 12 nitrogen and oxygen atoms in total. The van der Waals surface area contributed by atoms with Gasteiger partial charge in [0.1, 0.15) is 16.9 Å². The smallest absolute Gasteiger partial charge is 0.237 e. The Morgan fingerprint density at radius 2 is 1.90 bits per heavy atom. The Hall–Kier alpha value is -2.87. The lowest BCUT2D eigenvalue weighted by Crippen LogP contribution is -2.43. The van der Waals surface area contributed by atoms with Gasteiger partial charge in [-0.15, -0.1) is 0 Å². The summed E-state index contributed by atoms with van der Waals surface area (Å²) >= 11 is 6.35. The van der Waals surface area contributed by atoms with Gasteiger partial charge in [-0.2, -0.15) is 9.29 Å². The highest BCUT2D eigenvalue weighted by atomic mass is 35.5. The van der Waals surface area contributed by atoms with E-state index >= 15 is 0 Å². The first-order valence-electron chi connectivity index (χ1n) is 13.8. The summed E-state index contributed by atoms with van der Waals surface area (Å²) in [7, 11) is 2.46. The molecule has 3 heterocycles. The topological polar surface area (TPSA) is 129 Å². The first-order chi connectivity index (χ1) is 19.5. The number of amides is 1. The third-order valence-corrected chi connectivity index (χ3v) is 9.02. The fourth-order valence-corrected chi connectivity index (χ4v) is 6.17. The molecule has 2 aliphatic rings. The van der Waals surface area contributed by atoms with Gasteiger partial charge in [0.2, 0.25) is 27.8 Å². The predicted molar refractivity (Wildman–Crippen MR) is 161 cm³/mol. The number of nitrogens with one attached hydrogen (secondary N) is 2. The summed E-state index contributed by atoms with van der Waals surface area (Å²) in [6.45, 7) is 4.21. The van der Waals surface area contributed by atoms with Gasteiger partial charge in [-0.05, 0) is 45.8 Å². The molecule has 1 amide bonds. The number of piperidine rings is 2. The van der Waals surface area contributed by atoms with E-state index in [9.17, 15) is 13.2 Å². The van der Waals surface area contributed by atoms with Gasteiger partial charge in [-0.3, -0.25) is 4.79 Å². The number of methoxy groups -OCH3 is 1. The van der Waals surface area contributed by atoms with E-state index in [0.717, 1.165) is 31.6 Å². The number of halogens is 1. The van der Waals surface area contributed by atoms with E-state index in [-0.39, 0.29) is 35.4 Å². The quantitative estimate of drug-likeness (QED) is 0.412. The van der Waals surface area contributed by atoms with Crippen molar-refractivity contribution in [1.29, 1.82) is 0 Å². The summed E-state index contributed by atoms with van der Waals surface area (Å²) in [5.74, 6) is 0.829. The molecule has 2 aliphatic heterocycles. The zero-order chi connectivity index (χ0) is 29.7. The van der Waals surface area contributed by atoms with Crippen molar-refractivity contribution in [2.24, 2.45) is 0 Å². The SMILES string of the molecule is CCC(=O)Nc1cc(Nc2ncc(Cl)c(O[C@@H]3CCCN(S(C)(=O)=O)C3)n2)c(OC)cc1N1CCC(N(C)C)CC1. The van der Waals surface area contributed by atoms with Crippen molar-refractivity contribution in [3.63, 3.8) is 0 Å². The van der Waals surface area contributed by atoms with Crippen LogP contribution >= 0.6 is 11.6 Å². The maximum Gasteiger partial charge on any atom is 0.237 e. The van der Waals surface area contributed by atoms with E-state index in [1.807, 2.05) is 19.1 Å². The Labute approximate surface area is 247 Å². The van der Waals surface area contributed by atoms with Crippen molar-refractivity contribution in [2.45, 2.75) is 51.2 Å². The van der Waals surface area contributed by atoms with Crippen molar-refractivity contribution < 1.29 is 22.7 Å². The molecule has 1 atom stereocenters. The normalized spacial score (nSPS) is 18.8. The molecule has 2 N–H and O–H groups in total. The summed E-state index contributed by atoms with van der Waals surface area (Å²) in [6.07, 6.45) is 5.96. The molecule has 1 aromatic heterocycles. The molecule has 1 aromatic carbocycles. The van der Waals surface area contributed by atoms with E-state index in [1.54, 1.807) is 7.11 Å². The van der Waals surface area contributed by atoms with Gasteiger partial charge >= 0.3 is 0 Å². The van der Waals surface area contributed by atoms with Gasteiger partial charge in [0.25, 0.3) is 0 Å². The average molecular weight is 610 g/mol. The number of carbonyl (C=O) groups is 1. The standard InChI is InChI=1S/C27H40ClN7O5S/c1-6-25(36)30-21-14-22(24(39-4)15-23(21)34-12-9-18(10-13-34)33(2)3)31-27-29-16-20(28)26(32-27)40-19-8-7-11-35(17-19)41(5,37)38/h14-16,18-19H,6-13,17H2,1-5H3,(H,30,36)(H,29,31,32)/t19-/m1/s1. The molecule has 14 heteroatoms. The van der Waals surface area contributed by atoms with Gasteiger partial charge in [0.05, 0.1) is 43.2 Å². The Morgan fingerprint density at radius 3 is 2.54 bits per heavy atom. The molecule has 0 aliphatic carbocycles. The number of carbonyl (C=O) groups excluding carboxylic acids is 1. The molecule has 2 saturated heterocycles. The molecule has 0 bridgehead atoms. The molecule has 0 saturated carbocycles. The molecule has 41 heavy (non-hydrogen) atoms. The number of benzene rings is 1. The minimum atomic E-state index is -3.33. The van der Waals surface area contributed by atoms with E-state index in [2.05, 4.69) is 44.5 Å². The van der Waals surface area contributed by atoms with E-state index in [0.29, 0.717) is 49.0 Å². The highest BCUT2D eigenvalue weighted by Gasteiger charge is 2.28. The molecule has 2 fully saturated rings. The first kappa shape index (κ1) is 31.1. The third-order valence-electron chi connectivity index (χ3n) is 7.50. The summed E-state index contributed by atoms with van der Waals surface area (Å²) in [4.78, 5) is 25.7. The van der Waals surface area contributed by atoms with Crippen molar-refractivity contribution in [1.82, 2.24) is 19.2 Å². The Bertz CT molecular complexity index is 1340. The number of ether oxygens (including phenoxy) is 2. The summed E-state index contributed by atoms with van der Waals surface area (Å²) in [6, 6.07) is 4.26. The molecule has 0 radical (unpaired) electrons. The number of rotatable bonds is 10. The van der Waals surface area contributed by atoms with Crippen LogP contribution in [0.3, 0.4) is 0 Å². The van der Waals surface area contributed by atoms with Crippen LogP contribution in [0.25, 0.3) is 0 Å². The molecule has 0 spiro atoms. The van der Waals surface area contributed by atoms with E-state index in [1.165, 1.54) is 16.8 Å². The van der Waals surface area contributed by atoms with Crippen LogP contribution in [-0.2, 0) is 14.8 Å². The summed E-state index contributed by atoms with van der Waals surface area (Å²) < 4.78 is 37.2. The lowest BCUT2D eigenvalue weighted by molar-refractivity contribution is -0.115. The number of anilines is 4. The average Bonchev–Trinajstić information content (AvgIpc) is 2.94. The van der Waals surface area contributed by atoms with Crippen LogP contribution in [0.1, 0.15) is 39.0 Å². The highest BCUT2D eigenvalue weighted by Crippen LogP contribution is 2.40. The summed E-state index contributed by atoms with van der Waals surface area (Å²) in [5.41, 5.74) is 2.11. The lowest BCUT2D eigenvalue weighted by atomic mass is 10.0. The molecule has 226 valence electrons. The molecular formula is C27H40ClN7O5S. The Morgan fingerprint density at radius 1 is 1.17 bits per heavy atom. The Kier molecular flexibility index (Phi) is 10.2. The number of aromatic nitrogens is 2. The second-order valence-corrected chi connectivity index (χ2v) is 13.0. The maximum absolute atomic E-state index is 12.5. The lowest BCUT2D eigenvalue weighted by Gasteiger charge is -2.37. The van der Waals surface area contributed by atoms with Crippen LogP contribution in [-0.4, -0.2) is 99.3 Å². The predicted octanol–water partition coefficient (Wildman–Crippen LogP) is 3.56. The molecule has 4 rings (SSSR count). The van der Waals surface area contributed by atoms with Crippen LogP contribution in [0.15, 0.2) is 18.3 Å². The van der Waals surface area contributed by atoms with Crippen molar-refractivity contribution in [3.05, 3.63) is 23.4 Å². The second kappa shape index (κ2) is 13.4. The maximum atomic E-state index is 12.5. The van der Waals surface area contributed by atoms with Crippen LogP contribution < -0.4 is 25.0 Å². The van der Waals surface area contributed by atoms with Crippen molar-refractivity contribution in [2.75, 3.05) is 69.2 Å². The summed E-state index contributed by atoms with van der Waals surface area (Å²) in [5, 5.41) is 6.42. The minimum Gasteiger partial charge on any atom is -0.494 e. The van der Waals surface area contributed by atoms with Gasteiger partial charge in [0.15, 0.2) is 0 Å². The third kappa shape index (κ3) is 7.91. The fourth-order valence-electron chi connectivity index (χ4n) is 5.13. The first-order valence-corrected chi connectivity index (χ1v) is 16.1. The van der Waals surface area contributed by atoms with Gasteiger partial charge < -0.3 is 29.9 Å². The molecular weight excluding hydrogens is 570 g/mol. The van der Waals surface area contributed by atoms with Crippen LogP contribution in [0.2, 0.25) is 5.02 Å². The van der Waals surface area contributed by atoms with Gasteiger partial charge in [0, 0.05) is 38.2 Å². The number of nitrogens with zero attached hydrogens (tertiary/aromatic N) is 5. The van der Waals surface area contributed by atoms with Crippen LogP contribution in [0.5, 0.6) is 11.6 Å². The van der Waals surface area contributed by atoms with Gasteiger partial charge in [-0.25, -0.2) is 13.4 Å². The molecule has 0 unspecified atom stereocenters. The van der Waals surface area contributed by atoms with E-state index < -0.39 is 10.0 Å². The fraction of sp³-hybridized carbons (Fsp3) is 0.593. The van der Waals surface area contributed by atoms with Crippen LogP contribution in [0, 0.1) is 0 Å². The van der Waals surface area contributed by atoms with Crippen molar-refractivity contribution >= 4 is 50.5 Å². The molecule has 2 aromatic rings. The zero-order valence-electron chi connectivity index (χ0n) is 24.3. The second-order valence-electron chi connectivity index (χ2n) is 10.6. The highest BCUT2D eigenvalue weighted by molar-refractivity contribution is 7.88.